The van der Waals surface area contributed by atoms with Gasteiger partial charge in [-0.05, 0) is 31.0 Å². The molecular weight excluding hydrogens is 311 g/mol. The predicted octanol–water partition coefficient (Wildman–Crippen LogP) is 2.58. The van der Waals surface area contributed by atoms with E-state index in [4.69, 9.17) is 16.3 Å². The second-order valence-electron chi connectivity index (χ2n) is 5.70. The summed E-state index contributed by atoms with van der Waals surface area (Å²) < 4.78 is 18.5. The van der Waals surface area contributed by atoms with E-state index in [1.165, 1.54) is 12.1 Å². The fraction of sp³-hybridized carbons (Fsp3) is 0.467. The number of carbonyl (C=O) groups is 2. The predicted molar refractivity (Wildman–Crippen MR) is 78.4 cm³/mol. The summed E-state index contributed by atoms with van der Waals surface area (Å²) >= 11 is 5.96. The molecule has 1 aromatic carbocycles. The van der Waals surface area contributed by atoms with E-state index in [1.807, 2.05) is 0 Å². The van der Waals surface area contributed by atoms with Gasteiger partial charge in [0.05, 0.1) is 17.1 Å². The highest BCUT2D eigenvalue weighted by Gasteiger charge is 2.42. The van der Waals surface area contributed by atoms with Gasteiger partial charge in [-0.2, -0.15) is 0 Å². The number of amides is 2. The number of benzene rings is 1. The number of carbonyl (C=O) groups excluding carboxylic acids is 2. The van der Waals surface area contributed by atoms with E-state index >= 15 is 0 Å². The van der Waals surface area contributed by atoms with Gasteiger partial charge < -0.3 is 15.0 Å². The third-order valence-corrected chi connectivity index (χ3v) is 4.52. The van der Waals surface area contributed by atoms with Gasteiger partial charge in [0.15, 0.2) is 0 Å². The van der Waals surface area contributed by atoms with Crippen molar-refractivity contribution < 1.29 is 18.7 Å². The molecule has 22 heavy (non-hydrogen) atoms. The summed E-state index contributed by atoms with van der Waals surface area (Å²) in [4.78, 5) is 25.5. The van der Waals surface area contributed by atoms with Crippen LogP contribution in [0.15, 0.2) is 18.2 Å². The maximum atomic E-state index is 13.1. The molecule has 0 aromatic heterocycles. The molecule has 0 bridgehead atoms. The number of alkyl carbamates (subject to hydrolysis) is 1. The van der Waals surface area contributed by atoms with Crippen LogP contribution in [0.2, 0.25) is 5.02 Å². The van der Waals surface area contributed by atoms with Gasteiger partial charge in [-0.3, -0.25) is 4.79 Å². The molecule has 3 rings (SSSR count). The average molecular weight is 327 g/mol. The van der Waals surface area contributed by atoms with Gasteiger partial charge in [-0.25, -0.2) is 9.18 Å². The zero-order valence-electron chi connectivity index (χ0n) is 11.9. The van der Waals surface area contributed by atoms with Crippen molar-refractivity contribution in [3.8, 4) is 0 Å². The Morgan fingerprint density at radius 3 is 2.86 bits per heavy atom. The number of nitrogens with one attached hydrogen (secondary N) is 1. The Hall–Kier alpha value is -1.82. The fourth-order valence-corrected chi connectivity index (χ4v) is 3.23. The van der Waals surface area contributed by atoms with Gasteiger partial charge in [-0.1, -0.05) is 11.6 Å². The van der Waals surface area contributed by atoms with Crippen LogP contribution < -0.4 is 5.32 Å². The third-order valence-electron chi connectivity index (χ3n) is 4.21. The van der Waals surface area contributed by atoms with Crippen molar-refractivity contribution in [2.24, 2.45) is 0 Å². The Balaban J connectivity index is 1.73. The summed E-state index contributed by atoms with van der Waals surface area (Å²) in [5.41, 5.74) is -0.223. The number of nitrogens with zero attached hydrogens (tertiary/aromatic N) is 1. The maximum Gasteiger partial charge on any atom is 0.407 e. The van der Waals surface area contributed by atoms with Crippen molar-refractivity contribution in [2.75, 3.05) is 19.6 Å². The topological polar surface area (TPSA) is 58.6 Å². The largest absolute Gasteiger partial charge is 0.441 e. The van der Waals surface area contributed by atoms with Crippen LogP contribution in [0.25, 0.3) is 0 Å². The van der Waals surface area contributed by atoms with Crippen LogP contribution in [0.3, 0.4) is 0 Å². The van der Waals surface area contributed by atoms with Crippen molar-refractivity contribution in [1.82, 2.24) is 10.2 Å². The van der Waals surface area contributed by atoms with Gasteiger partial charge in [0.1, 0.15) is 11.4 Å². The Morgan fingerprint density at radius 2 is 2.18 bits per heavy atom. The van der Waals surface area contributed by atoms with E-state index in [0.29, 0.717) is 38.0 Å². The van der Waals surface area contributed by atoms with Gasteiger partial charge in [-0.15, -0.1) is 0 Å². The minimum absolute atomic E-state index is 0.109. The molecule has 2 fully saturated rings. The number of hydrogen-bond donors (Lipinski definition) is 1. The smallest absolute Gasteiger partial charge is 0.407 e. The molecule has 1 aromatic rings. The molecule has 1 N–H and O–H groups in total. The van der Waals surface area contributed by atoms with E-state index in [0.717, 1.165) is 12.5 Å². The van der Waals surface area contributed by atoms with Crippen LogP contribution in [0, 0.1) is 5.82 Å². The van der Waals surface area contributed by atoms with Crippen molar-refractivity contribution in [3.05, 3.63) is 34.6 Å². The zero-order chi connectivity index (χ0) is 15.7. The molecular formula is C15H16ClFN2O3. The van der Waals surface area contributed by atoms with Crippen LogP contribution in [0.4, 0.5) is 9.18 Å². The minimum atomic E-state index is -0.515. The van der Waals surface area contributed by atoms with Crippen molar-refractivity contribution >= 4 is 23.6 Å². The number of hydrogen-bond acceptors (Lipinski definition) is 3. The van der Waals surface area contributed by atoms with Gasteiger partial charge in [0.2, 0.25) is 0 Å². The lowest BCUT2D eigenvalue weighted by molar-refractivity contribution is 0.0439. The summed E-state index contributed by atoms with van der Waals surface area (Å²) in [7, 11) is 0. The number of halogens is 2. The zero-order valence-corrected chi connectivity index (χ0v) is 12.7. The molecule has 2 aliphatic heterocycles. The van der Waals surface area contributed by atoms with Crippen molar-refractivity contribution in [2.45, 2.75) is 24.9 Å². The number of likely N-dealkylation sites (tertiary alicyclic amines) is 1. The highest BCUT2D eigenvalue weighted by molar-refractivity contribution is 6.33. The van der Waals surface area contributed by atoms with E-state index in [2.05, 4.69) is 5.32 Å². The van der Waals surface area contributed by atoms with Crippen LogP contribution >= 0.6 is 11.6 Å². The first kappa shape index (κ1) is 15.1. The summed E-state index contributed by atoms with van der Waals surface area (Å²) in [5, 5.41) is 2.78. The lowest BCUT2D eigenvalue weighted by atomic mass is 9.95. The standard InChI is InChI=1S/C15H16ClFN2O3/c16-12-8-10(17)2-3-11(12)13(20)19-6-1-4-15(5-7-19)9-18-14(21)22-15/h2-3,8H,1,4-7,9H2,(H,18,21)/t15-/m1/s1. The van der Waals surface area contributed by atoms with E-state index in [1.54, 1.807) is 4.90 Å². The SMILES string of the molecule is O=C1NC[C@]2(CCCN(C(=O)c3ccc(F)cc3Cl)CC2)O1. The molecule has 2 heterocycles. The first-order chi connectivity index (χ1) is 10.5. The summed E-state index contributed by atoms with van der Waals surface area (Å²) in [5.74, 6) is -0.695. The van der Waals surface area contributed by atoms with Crippen LogP contribution in [-0.2, 0) is 4.74 Å². The van der Waals surface area contributed by atoms with Gasteiger partial charge in [0, 0.05) is 19.5 Å². The first-order valence-electron chi connectivity index (χ1n) is 7.20. The molecule has 0 aliphatic carbocycles. The Labute approximate surface area is 132 Å². The molecule has 5 nitrogen and oxygen atoms in total. The maximum absolute atomic E-state index is 13.1. The van der Waals surface area contributed by atoms with Crippen LogP contribution in [0.1, 0.15) is 29.6 Å². The summed E-state index contributed by atoms with van der Waals surface area (Å²) in [6.45, 7) is 1.51. The molecule has 118 valence electrons. The van der Waals surface area contributed by atoms with Gasteiger partial charge >= 0.3 is 6.09 Å². The number of rotatable bonds is 1. The molecule has 0 radical (unpaired) electrons. The second kappa shape index (κ2) is 5.76. The lowest BCUT2D eigenvalue weighted by Gasteiger charge is -2.25. The Bertz CT molecular complexity index is 625. The molecule has 2 amide bonds. The Morgan fingerprint density at radius 1 is 1.36 bits per heavy atom. The van der Waals surface area contributed by atoms with E-state index < -0.39 is 17.5 Å². The number of ether oxygens (including phenoxy) is 1. The Kier molecular flexibility index (Phi) is 3.95. The lowest BCUT2D eigenvalue weighted by Crippen LogP contribution is -2.36. The molecule has 1 spiro atoms. The molecule has 0 unspecified atom stereocenters. The first-order valence-corrected chi connectivity index (χ1v) is 7.58. The molecule has 0 saturated carbocycles. The summed E-state index contributed by atoms with van der Waals surface area (Å²) in [6, 6.07) is 3.76. The molecule has 2 aliphatic rings. The van der Waals surface area contributed by atoms with Crippen molar-refractivity contribution in [1.29, 1.82) is 0 Å². The van der Waals surface area contributed by atoms with Crippen LogP contribution in [-0.4, -0.2) is 42.1 Å². The van der Waals surface area contributed by atoms with E-state index in [-0.39, 0.29) is 10.9 Å². The quantitative estimate of drug-likeness (QED) is 0.863. The molecule has 2 saturated heterocycles. The van der Waals surface area contributed by atoms with Gasteiger partial charge in [0.25, 0.3) is 5.91 Å². The normalized spacial score (nSPS) is 24.8. The molecule has 7 heteroatoms. The van der Waals surface area contributed by atoms with Crippen molar-refractivity contribution in [3.63, 3.8) is 0 Å². The fourth-order valence-electron chi connectivity index (χ4n) is 2.98. The van der Waals surface area contributed by atoms with Crippen LogP contribution in [0.5, 0.6) is 0 Å². The monoisotopic (exact) mass is 326 g/mol. The third kappa shape index (κ3) is 2.88. The second-order valence-corrected chi connectivity index (χ2v) is 6.10. The van der Waals surface area contributed by atoms with E-state index in [9.17, 15) is 14.0 Å². The molecule has 1 atom stereocenters. The average Bonchev–Trinajstić information content (AvgIpc) is 2.71. The highest BCUT2D eigenvalue weighted by atomic mass is 35.5. The minimum Gasteiger partial charge on any atom is -0.441 e. The summed E-state index contributed by atoms with van der Waals surface area (Å²) in [6.07, 6.45) is 1.63. The highest BCUT2D eigenvalue weighted by Crippen LogP contribution is 2.30.